The Kier molecular flexibility index (Phi) is 16.6. The number of hydrogen-bond donors (Lipinski definition) is 2. The van der Waals surface area contributed by atoms with E-state index in [0.29, 0.717) is 13.2 Å². The van der Waals surface area contributed by atoms with Gasteiger partial charge in [0.2, 0.25) is 0 Å². The number of nitrogens with one attached hydrogen (secondary N) is 2. The number of rotatable bonds is 11. The van der Waals surface area contributed by atoms with Gasteiger partial charge in [-0.2, -0.15) is 0 Å². The van der Waals surface area contributed by atoms with Crippen LogP contribution in [0, 0.1) is 0 Å². The molecule has 0 aromatic heterocycles. The van der Waals surface area contributed by atoms with E-state index < -0.39 is 0 Å². The molecule has 0 radical (unpaired) electrons. The number of guanidine groups is 1. The molecule has 1 rings (SSSR count). The maximum atomic E-state index is 5.44. The van der Waals surface area contributed by atoms with E-state index >= 15 is 0 Å². The van der Waals surface area contributed by atoms with Gasteiger partial charge in [-0.3, -0.25) is 4.99 Å². The fraction of sp³-hybridized carbons (Fsp3) is 0.938. The standard InChI is InChI=1S/C16H34N4O2.HI/c1-17-16(18-8-4-7-13-22-15-14-21-2)19-9-12-20-10-5-3-6-11-20;/h3-15H2,1-2H3,(H2,17,18,19);1H. The molecule has 1 aliphatic rings. The number of unbranched alkanes of at least 4 members (excludes halogenated alkanes) is 1. The van der Waals surface area contributed by atoms with E-state index in [9.17, 15) is 0 Å². The Bertz CT molecular complexity index is 287. The molecule has 0 amide bonds. The molecule has 7 heteroatoms. The van der Waals surface area contributed by atoms with Crippen molar-refractivity contribution >= 4 is 29.9 Å². The minimum absolute atomic E-state index is 0. The van der Waals surface area contributed by atoms with Crippen molar-refractivity contribution in [2.45, 2.75) is 32.1 Å². The van der Waals surface area contributed by atoms with Crippen LogP contribution in [0.5, 0.6) is 0 Å². The predicted molar refractivity (Wildman–Crippen MR) is 107 cm³/mol. The summed E-state index contributed by atoms with van der Waals surface area (Å²) in [6.07, 6.45) is 6.22. The SMILES string of the molecule is CN=C(NCCCCOCCOC)NCCN1CCCCC1.I. The first-order valence-electron chi connectivity index (χ1n) is 8.60. The third-order valence-corrected chi connectivity index (χ3v) is 3.83. The number of halogens is 1. The molecule has 0 atom stereocenters. The zero-order valence-corrected chi connectivity index (χ0v) is 17.1. The minimum Gasteiger partial charge on any atom is -0.382 e. The van der Waals surface area contributed by atoms with Crippen LogP contribution in [-0.4, -0.2) is 77.6 Å². The van der Waals surface area contributed by atoms with E-state index in [4.69, 9.17) is 9.47 Å². The molecule has 0 bridgehead atoms. The molecular formula is C16H35IN4O2. The lowest BCUT2D eigenvalue weighted by Gasteiger charge is -2.26. The van der Waals surface area contributed by atoms with Gasteiger partial charge >= 0.3 is 0 Å². The van der Waals surface area contributed by atoms with E-state index in [0.717, 1.165) is 45.0 Å². The molecule has 1 heterocycles. The third-order valence-electron chi connectivity index (χ3n) is 3.83. The molecule has 6 nitrogen and oxygen atoms in total. The average molecular weight is 442 g/mol. The Morgan fingerprint density at radius 2 is 1.74 bits per heavy atom. The van der Waals surface area contributed by atoms with Crippen LogP contribution in [0.3, 0.4) is 0 Å². The van der Waals surface area contributed by atoms with Gasteiger partial charge in [-0.1, -0.05) is 6.42 Å². The molecule has 0 aromatic rings. The van der Waals surface area contributed by atoms with Gasteiger partial charge in [-0.15, -0.1) is 24.0 Å². The van der Waals surface area contributed by atoms with Crippen molar-refractivity contribution in [1.82, 2.24) is 15.5 Å². The Morgan fingerprint density at radius 3 is 2.43 bits per heavy atom. The minimum atomic E-state index is 0. The molecule has 1 saturated heterocycles. The number of aliphatic imine (C=N–C) groups is 1. The van der Waals surface area contributed by atoms with E-state index in [1.165, 1.54) is 32.4 Å². The number of ether oxygens (including phenoxy) is 2. The summed E-state index contributed by atoms with van der Waals surface area (Å²) in [6.45, 7) is 7.64. The van der Waals surface area contributed by atoms with Gasteiger partial charge in [-0.25, -0.2) is 0 Å². The first-order valence-corrected chi connectivity index (χ1v) is 8.60. The van der Waals surface area contributed by atoms with Crippen molar-refractivity contribution < 1.29 is 9.47 Å². The van der Waals surface area contributed by atoms with Crippen molar-refractivity contribution in [3.8, 4) is 0 Å². The van der Waals surface area contributed by atoms with E-state index in [1.807, 2.05) is 7.05 Å². The fourth-order valence-corrected chi connectivity index (χ4v) is 2.52. The summed E-state index contributed by atoms with van der Waals surface area (Å²) in [6, 6.07) is 0. The molecule has 2 N–H and O–H groups in total. The van der Waals surface area contributed by atoms with Gasteiger partial charge < -0.3 is 25.0 Å². The lowest BCUT2D eigenvalue weighted by Crippen LogP contribution is -2.42. The van der Waals surface area contributed by atoms with Gasteiger partial charge in [0.1, 0.15) is 0 Å². The number of nitrogens with zero attached hydrogens (tertiary/aromatic N) is 2. The molecule has 0 spiro atoms. The van der Waals surface area contributed by atoms with Crippen molar-refractivity contribution in [3.63, 3.8) is 0 Å². The van der Waals surface area contributed by atoms with Crippen LogP contribution in [0.1, 0.15) is 32.1 Å². The van der Waals surface area contributed by atoms with Crippen LogP contribution in [-0.2, 0) is 9.47 Å². The summed E-state index contributed by atoms with van der Waals surface area (Å²) in [7, 11) is 3.52. The highest BCUT2D eigenvalue weighted by Crippen LogP contribution is 2.07. The number of piperidine rings is 1. The summed E-state index contributed by atoms with van der Waals surface area (Å²) < 4.78 is 10.4. The van der Waals surface area contributed by atoms with Crippen molar-refractivity contribution in [1.29, 1.82) is 0 Å². The Hall–Kier alpha value is -0.120. The largest absolute Gasteiger partial charge is 0.382 e. The maximum Gasteiger partial charge on any atom is 0.191 e. The van der Waals surface area contributed by atoms with Gasteiger partial charge in [0.25, 0.3) is 0 Å². The number of likely N-dealkylation sites (tertiary alicyclic amines) is 1. The average Bonchev–Trinajstić information content (AvgIpc) is 2.56. The fourth-order valence-electron chi connectivity index (χ4n) is 2.52. The molecule has 23 heavy (non-hydrogen) atoms. The quantitative estimate of drug-likeness (QED) is 0.221. The molecule has 0 aliphatic carbocycles. The molecule has 0 aromatic carbocycles. The number of methoxy groups -OCH3 is 1. The second kappa shape index (κ2) is 16.7. The highest BCUT2D eigenvalue weighted by Gasteiger charge is 2.09. The molecular weight excluding hydrogens is 407 g/mol. The smallest absolute Gasteiger partial charge is 0.191 e. The van der Waals surface area contributed by atoms with Crippen LogP contribution in [0.2, 0.25) is 0 Å². The van der Waals surface area contributed by atoms with Gasteiger partial charge in [-0.05, 0) is 38.8 Å². The molecule has 0 unspecified atom stereocenters. The van der Waals surface area contributed by atoms with Crippen molar-refractivity contribution in [3.05, 3.63) is 0 Å². The molecule has 138 valence electrons. The molecule has 0 saturated carbocycles. The monoisotopic (exact) mass is 442 g/mol. The zero-order chi connectivity index (χ0) is 15.9. The number of hydrogen-bond acceptors (Lipinski definition) is 4. The Morgan fingerprint density at radius 1 is 1.00 bits per heavy atom. The highest BCUT2D eigenvalue weighted by molar-refractivity contribution is 14.0. The normalized spacial score (nSPS) is 16.0. The summed E-state index contributed by atoms with van der Waals surface area (Å²) in [5.74, 6) is 0.900. The second-order valence-corrected chi connectivity index (χ2v) is 5.64. The topological polar surface area (TPSA) is 58.1 Å². The summed E-state index contributed by atoms with van der Waals surface area (Å²) in [4.78, 5) is 6.79. The maximum absolute atomic E-state index is 5.44. The predicted octanol–water partition coefficient (Wildman–Crippen LogP) is 1.70. The van der Waals surface area contributed by atoms with Crippen LogP contribution >= 0.6 is 24.0 Å². The molecule has 1 fully saturated rings. The van der Waals surface area contributed by atoms with Gasteiger partial charge in [0.15, 0.2) is 5.96 Å². The lowest BCUT2D eigenvalue weighted by atomic mass is 10.1. The van der Waals surface area contributed by atoms with E-state index in [2.05, 4.69) is 20.5 Å². The summed E-state index contributed by atoms with van der Waals surface area (Å²) in [5.41, 5.74) is 0. The second-order valence-electron chi connectivity index (χ2n) is 5.64. The van der Waals surface area contributed by atoms with Crippen molar-refractivity contribution in [2.75, 3.05) is 66.7 Å². The first kappa shape index (κ1) is 22.9. The highest BCUT2D eigenvalue weighted by atomic mass is 127. The van der Waals surface area contributed by atoms with E-state index in [1.54, 1.807) is 7.11 Å². The van der Waals surface area contributed by atoms with Crippen LogP contribution in [0.4, 0.5) is 0 Å². The summed E-state index contributed by atoms with van der Waals surface area (Å²) in [5, 5.41) is 6.73. The van der Waals surface area contributed by atoms with Crippen molar-refractivity contribution in [2.24, 2.45) is 4.99 Å². The van der Waals surface area contributed by atoms with Crippen LogP contribution < -0.4 is 10.6 Å². The van der Waals surface area contributed by atoms with Gasteiger partial charge in [0, 0.05) is 40.4 Å². The third kappa shape index (κ3) is 12.9. The van der Waals surface area contributed by atoms with E-state index in [-0.39, 0.29) is 24.0 Å². The van der Waals surface area contributed by atoms with Crippen LogP contribution in [0.15, 0.2) is 4.99 Å². The first-order chi connectivity index (χ1) is 10.9. The Balaban J connectivity index is 0.00000484. The lowest BCUT2D eigenvalue weighted by molar-refractivity contribution is 0.0689. The van der Waals surface area contributed by atoms with Crippen LogP contribution in [0.25, 0.3) is 0 Å². The van der Waals surface area contributed by atoms with Gasteiger partial charge in [0.05, 0.1) is 13.2 Å². The zero-order valence-electron chi connectivity index (χ0n) is 14.8. The Labute approximate surface area is 158 Å². The summed E-state index contributed by atoms with van der Waals surface area (Å²) >= 11 is 0. The molecule has 1 aliphatic heterocycles.